The average molecular weight is 379 g/mol. The van der Waals surface area contributed by atoms with Crippen molar-refractivity contribution < 1.29 is 14.6 Å². The molecular weight excluding hydrogens is 340 g/mol. The first-order valence-corrected chi connectivity index (χ1v) is 11.4. The molecule has 27 heavy (non-hydrogen) atoms. The normalized spacial score (nSPS) is 28.6. The van der Waals surface area contributed by atoms with E-state index in [0.29, 0.717) is 6.10 Å². The predicted octanol–water partition coefficient (Wildman–Crippen LogP) is 3.42. The van der Waals surface area contributed by atoms with Gasteiger partial charge in [-0.25, -0.2) is 0 Å². The van der Waals surface area contributed by atoms with E-state index in [1.165, 1.54) is 44.9 Å². The molecule has 2 N–H and O–H groups in total. The van der Waals surface area contributed by atoms with Crippen LogP contribution in [0.15, 0.2) is 0 Å². The first-order valence-electron chi connectivity index (χ1n) is 11.4. The van der Waals surface area contributed by atoms with E-state index in [1.54, 1.807) is 0 Å². The van der Waals surface area contributed by atoms with Crippen LogP contribution in [0.3, 0.4) is 0 Å². The Balaban J connectivity index is 1.30. The van der Waals surface area contributed by atoms with E-state index in [0.717, 1.165) is 70.9 Å². The number of carboxylic acids is 1. The lowest BCUT2D eigenvalue weighted by Gasteiger charge is -2.47. The zero-order valence-electron chi connectivity index (χ0n) is 16.9. The van der Waals surface area contributed by atoms with Gasteiger partial charge in [0, 0.05) is 24.5 Å². The molecule has 1 saturated heterocycles. The zero-order valence-corrected chi connectivity index (χ0v) is 16.9. The second kappa shape index (κ2) is 8.38. The Morgan fingerprint density at radius 2 is 1.70 bits per heavy atom. The molecule has 0 amide bonds. The van der Waals surface area contributed by atoms with Gasteiger partial charge in [-0.3, -0.25) is 4.79 Å². The highest BCUT2D eigenvalue weighted by Gasteiger charge is 2.47. The highest BCUT2D eigenvalue weighted by molar-refractivity contribution is 5.76. The minimum Gasteiger partial charge on any atom is -0.481 e. The molecule has 3 aliphatic carbocycles. The Hall–Kier alpha value is -0.650. The minimum absolute atomic E-state index is 0.243. The maximum Gasteiger partial charge on any atom is 0.310 e. The van der Waals surface area contributed by atoms with E-state index in [-0.39, 0.29) is 5.41 Å². The summed E-state index contributed by atoms with van der Waals surface area (Å²) in [7, 11) is 0. The topological polar surface area (TPSA) is 61.8 Å². The van der Waals surface area contributed by atoms with Crippen LogP contribution in [0, 0.1) is 10.8 Å². The number of likely N-dealkylation sites (tertiary alicyclic amines) is 1. The molecular formula is C22H38N2O3. The van der Waals surface area contributed by atoms with Crippen LogP contribution in [0.2, 0.25) is 0 Å². The maximum atomic E-state index is 11.7. The van der Waals surface area contributed by atoms with Gasteiger partial charge in [0.15, 0.2) is 0 Å². The van der Waals surface area contributed by atoms with E-state index < -0.39 is 11.4 Å². The van der Waals surface area contributed by atoms with Crippen molar-refractivity contribution in [2.75, 3.05) is 32.8 Å². The van der Waals surface area contributed by atoms with Gasteiger partial charge >= 0.3 is 5.97 Å². The molecule has 5 nitrogen and oxygen atoms in total. The number of aliphatic carboxylic acids is 1. The highest BCUT2D eigenvalue weighted by atomic mass is 16.5. The molecule has 1 heterocycles. The number of nitrogens with one attached hydrogen (secondary N) is 1. The number of rotatable bonds is 9. The van der Waals surface area contributed by atoms with Crippen molar-refractivity contribution in [1.82, 2.24) is 10.2 Å². The maximum absolute atomic E-state index is 11.7. The largest absolute Gasteiger partial charge is 0.481 e. The van der Waals surface area contributed by atoms with Crippen LogP contribution in [0.1, 0.15) is 77.0 Å². The molecule has 0 unspecified atom stereocenters. The summed E-state index contributed by atoms with van der Waals surface area (Å²) in [6.45, 7) is 4.75. The fourth-order valence-corrected chi connectivity index (χ4v) is 5.20. The van der Waals surface area contributed by atoms with Crippen LogP contribution in [0.25, 0.3) is 0 Å². The number of piperidine rings is 1. The molecule has 4 rings (SSSR count). The lowest BCUT2D eigenvalue weighted by Crippen LogP contribution is -2.53. The number of carbonyl (C=O) groups is 1. The molecule has 0 radical (unpaired) electrons. The third-order valence-corrected chi connectivity index (χ3v) is 7.73. The summed E-state index contributed by atoms with van der Waals surface area (Å²) in [4.78, 5) is 14.1. The Bertz CT molecular complexity index is 502. The number of hydrogen-bond donors (Lipinski definition) is 2. The van der Waals surface area contributed by atoms with E-state index in [9.17, 15) is 9.90 Å². The van der Waals surface area contributed by atoms with E-state index in [4.69, 9.17) is 4.74 Å². The Kier molecular flexibility index (Phi) is 6.10. The molecule has 1 aliphatic heterocycles. The van der Waals surface area contributed by atoms with Crippen LogP contribution in [-0.4, -0.2) is 60.9 Å². The second-order valence-corrected chi connectivity index (χ2v) is 9.94. The van der Waals surface area contributed by atoms with Crippen LogP contribution in [0.5, 0.6) is 0 Å². The summed E-state index contributed by atoms with van der Waals surface area (Å²) < 4.78 is 6.43. The Labute approximate surface area is 164 Å². The Morgan fingerprint density at radius 3 is 2.26 bits per heavy atom. The van der Waals surface area contributed by atoms with Gasteiger partial charge in [-0.15, -0.1) is 0 Å². The standard InChI is InChI=1S/C22H38N2O3/c25-20(26)22(9-4-10-22)16-24-13-11-21(12-14-24,15-23-18-7-8-18)17-27-19-5-2-1-3-6-19/h18-19,23H,1-17H2,(H,25,26). The van der Waals surface area contributed by atoms with Crippen molar-refractivity contribution in [3.05, 3.63) is 0 Å². The van der Waals surface area contributed by atoms with Crippen LogP contribution in [-0.2, 0) is 9.53 Å². The molecule has 3 saturated carbocycles. The van der Waals surface area contributed by atoms with Gasteiger partial charge in [-0.05, 0) is 64.5 Å². The molecule has 0 aromatic carbocycles. The van der Waals surface area contributed by atoms with Gasteiger partial charge in [0.2, 0.25) is 0 Å². The summed E-state index contributed by atoms with van der Waals surface area (Å²) >= 11 is 0. The van der Waals surface area contributed by atoms with Crippen molar-refractivity contribution in [3.8, 4) is 0 Å². The SMILES string of the molecule is O=C(O)C1(CN2CCC(CNC3CC3)(COC3CCCCC3)CC2)CCC1. The Morgan fingerprint density at radius 1 is 1.00 bits per heavy atom. The van der Waals surface area contributed by atoms with E-state index in [1.807, 2.05) is 0 Å². The molecule has 0 spiro atoms. The predicted molar refractivity (Wildman–Crippen MR) is 106 cm³/mol. The summed E-state index contributed by atoms with van der Waals surface area (Å²) in [6.07, 6.45) is 14.7. The van der Waals surface area contributed by atoms with Crippen LogP contribution >= 0.6 is 0 Å². The number of hydrogen-bond acceptors (Lipinski definition) is 4. The smallest absolute Gasteiger partial charge is 0.310 e. The van der Waals surface area contributed by atoms with Gasteiger partial charge < -0.3 is 20.1 Å². The first-order chi connectivity index (χ1) is 13.1. The van der Waals surface area contributed by atoms with Gasteiger partial charge in [0.25, 0.3) is 0 Å². The van der Waals surface area contributed by atoms with Crippen LogP contribution in [0.4, 0.5) is 0 Å². The lowest BCUT2D eigenvalue weighted by molar-refractivity contribution is -0.157. The quantitative estimate of drug-likeness (QED) is 0.644. The van der Waals surface area contributed by atoms with E-state index in [2.05, 4.69) is 10.2 Å². The van der Waals surface area contributed by atoms with Gasteiger partial charge in [0.05, 0.1) is 18.1 Å². The van der Waals surface area contributed by atoms with Crippen molar-refractivity contribution in [1.29, 1.82) is 0 Å². The van der Waals surface area contributed by atoms with E-state index >= 15 is 0 Å². The molecule has 0 aromatic heterocycles. The molecule has 0 atom stereocenters. The average Bonchev–Trinajstić information content (AvgIpc) is 3.48. The minimum atomic E-state index is -0.582. The fourth-order valence-electron chi connectivity index (χ4n) is 5.20. The number of nitrogens with zero attached hydrogens (tertiary/aromatic N) is 1. The summed E-state index contributed by atoms with van der Waals surface area (Å²) in [6, 6.07) is 0.736. The first kappa shape index (κ1) is 19.7. The summed E-state index contributed by atoms with van der Waals surface area (Å²) in [5.41, 5.74) is -0.211. The molecule has 4 fully saturated rings. The molecule has 154 valence electrons. The molecule has 0 aromatic rings. The third-order valence-electron chi connectivity index (χ3n) is 7.73. The molecule has 5 heteroatoms. The monoisotopic (exact) mass is 378 g/mol. The number of carboxylic acid groups (broad SMARTS) is 1. The zero-order chi connectivity index (χ0) is 18.7. The number of ether oxygens (including phenoxy) is 1. The van der Waals surface area contributed by atoms with Gasteiger partial charge in [0.1, 0.15) is 0 Å². The van der Waals surface area contributed by atoms with Crippen LogP contribution < -0.4 is 5.32 Å². The van der Waals surface area contributed by atoms with Crippen molar-refractivity contribution >= 4 is 5.97 Å². The summed E-state index contributed by atoms with van der Waals surface area (Å²) in [5, 5.41) is 13.4. The fraction of sp³-hybridized carbons (Fsp3) is 0.955. The second-order valence-electron chi connectivity index (χ2n) is 9.94. The van der Waals surface area contributed by atoms with Gasteiger partial charge in [-0.2, -0.15) is 0 Å². The molecule has 0 bridgehead atoms. The lowest BCUT2D eigenvalue weighted by atomic mass is 9.68. The van der Waals surface area contributed by atoms with Gasteiger partial charge in [-0.1, -0.05) is 25.7 Å². The summed E-state index contributed by atoms with van der Waals surface area (Å²) in [5.74, 6) is -0.582. The third kappa shape index (κ3) is 4.86. The molecule has 4 aliphatic rings. The van der Waals surface area contributed by atoms with Crippen molar-refractivity contribution in [3.63, 3.8) is 0 Å². The van der Waals surface area contributed by atoms with Crippen molar-refractivity contribution in [2.24, 2.45) is 10.8 Å². The van der Waals surface area contributed by atoms with Crippen molar-refractivity contribution in [2.45, 2.75) is 89.2 Å². The highest BCUT2D eigenvalue weighted by Crippen LogP contribution is 2.43.